The highest BCUT2D eigenvalue weighted by atomic mass is 35.5. The van der Waals surface area contributed by atoms with Gasteiger partial charge in [-0.05, 0) is 24.7 Å². The van der Waals surface area contributed by atoms with E-state index in [0.29, 0.717) is 11.0 Å². The van der Waals surface area contributed by atoms with Gasteiger partial charge >= 0.3 is 6.18 Å². The van der Waals surface area contributed by atoms with E-state index in [1.54, 1.807) is 0 Å². The molecule has 9 heteroatoms. The standard InChI is InChI=1S/C13H10ClF4N3O/c14-10-2-1-8(5-9(10)13(16,17)18)21(7-19)11(22)12(15)3-4-20-6-12/h1-2,5,20H,3-4,6H2. The largest absolute Gasteiger partial charge is 0.417 e. The summed E-state index contributed by atoms with van der Waals surface area (Å²) in [7, 11) is 0. The number of nitrogens with one attached hydrogen (secondary N) is 1. The van der Waals surface area contributed by atoms with Crippen molar-refractivity contribution < 1.29 is 22.4 Å². The summed E-state index contributed by atoms with van der Waals surface area (Å²) < 4.78 is 52.8. The van der Waals surface area contributed by atoms with Gasteiger partial charge in [-0.15, -0.1) is 0 Å². The number of nitrogens with zero attached hydrogens (tertiary/aromatic N) is 2. The van der Waals surface area contributed by atoms with Crippen molar-refractivity contribution >= 4 is 23.2 Å². The number of halogens is 5. The summed E-state index contributed by atoms with van der Waals surface area (Å²) in [4.78, 5) is 12.4. The van der Waals surface area contributed by atoms with Gasteiger partial charge in [-0.3, -0.25) is 4.79 Å². The van der Waals surface area contributed by atoms with Crippen LogP contribution in [-0.4, -0.2) is 24.7 Å². The number of carbonyl (C=O) groups is 1. The predicted octanol–water partition coefficient (Wildman–Crippen LogP) is 2.87. The highest BCUT2D eigenvalue weighted by Gasteiger charge is 2.45. The normalized spacial score (nSPS) is 21.5. The molecule has 1 aliphatic heterocycles. The first kappa shape index (κ1) is 16.5. The number of hydrogen-bond donors (Lipinski definition) is 1. The molecule has 1 atom stereocenters. The lowest BCUT2D eigenvalue weighted by Crippen LogP contribution is -2.45. The summed E-state index contributed by atoms with van der Waals surface area (Å²) in [5.74, 6) is -1.20. The Labute approximate surface area is 128 Å². The molecule has 1 amide bonds. The van der Waals surface area contributed by atoms with Crippen LogP contribution in [0.3, 0.4) is 0 Å². The first-order valence-electron chi connectivity index (χ1n) is 6.20. The van der Waals surface area contributed by atoms with Crippen molar-refractivity contribution in [3.8, 4) is 6.19 Å². The van der Waals surface area contributed by atoms with E-state index >= 15 is 0 Å². The lowest BCUT2D eigenvalue weighted by Gasteiger charge is -2.23. The van der Waals surface area contributed by atoms with Crippen molar-refractivity contribution in [2.24, 2.45) is 0 Å². The van der Waals surface area contributed by atoms with Crippen LogP contribution in [-0.2, 0) is 11.0 Å². The van der Waals surface area contributed by atoms with Gasteiger partial charge in [0.1, 0.15) is 0 Å². The molecule has 4 nitrogen and oxygen atoms in total. The molecular formula is C13H10ClF4N3O. The van der Waals surface area contributed by atoms with E-state index in [9.17, 15) is 22.4 Å². The molecule has 0 spiro atoms. The molecule has 0 saturated carbocycles. The van der Waals surface area contributed by atoms with Crippen LogP contribution in [0.25, 0.3) is 0 Å². The van der Waals surface area contributed by atoms with Crippen molar-refractivity contribution in [1.82, 2.24) is 5.32 Å². The smallest absolute Gasteiger partial charge is 0.313 e. The van der Waals surface area contributed by atoms with E-state index in [1.165, 1.54) is 6.19 Å². The number of alkyl halides is 4. The number of amides is 1. The van der Waals surface area contributed by atoms with Crippen LogP contribution in [0.4, 0.5) is 23.2 Å². The van der Waals surface area contributed by atoms with Crippen LogP contribution in [0.15, 0.2) is 18.2 Å². The van der Waals surface area contributed by atoms with E-state index in [2.05, 4.69) is 5.32 Å². The minimum absolute atomic E-state index is 0.149. The van der Waals surface area contributed by atoms with Gasteiger partial charge in [-0.1, -0.05) is 11.6 Å². The van der Waals surface area contributed by atoms with Crippen molar-refractivity contribution in [3.63, 3.8) is 0 Å². The third kappa shape index (κ3) is 3.00. The minimum atomic E-state index is -4.75. The van der Waals surface area contributed by atoms with Gasteiger partial charge in [0.05, 0.1) is 16.3 Å². The lowest BCUT2D eigenvalue weighted by atomic mass is 10.0. The monoisotopic (exact) mass is 335 g/mol. The first-order chi connectivity index (χ1) is 10.2. The maximum atomic E-state index is 14.4. The molecule has 0 aromatic heterocycles. The Morgan fingerprint density at radius 3 is 2.64 bits per heavy atom. The van der Waals surface area contributed by atoms with Crippen LogP contribution in [0.1, 0.15) is 12.0 Å². The summed E-state index contributed by atoms with van der Waals surface area (Å²) in [5.41, 5.74) is -3.89. The van der Waals surface area contributed by atoms with Gasteiger partial charge in [-0.2, -0.15) is 18.4 Å². The Balaban J connectivity index is 2.41. The van der Waals surface area contributed by atoms with E-state index in [0.717, 1.165) is 12.1 Å². The molecule has 22 heavy (non-hydrogen) atoms. The third-order valence-corrected chi connectivity index (χ3v) is 3.63. The average Bonchev–Trinajstić information content (AvgIpc) is 2.88. The molecule has 0 bridgehead atoms. The molecule has 1 unspecified atom stereocenters. The fourth-order valence-electron chi connectivity index (χ4n) is 2.13. The van der Waals surface area contributed by atoms with E-state index in [-0.39, 0.29) is 25.2 Å². The summed E-state index contributed by atoms with van der Waals surface area (Å²) in [6, 6.07) is 2.52. The van der Waals surface area contributed by atoms with Crippen LogP contribution in [0, 0.1) is 11.5 Å². The van der Waals surface area contributed by atoms with Gasteiger partial charge in [-0.25, -0.2) is 9.29 Å². The SMILES string of the molecule is N#CN(C(=O)C1(F)CCNC1)c1ccc(Cl)c(C(F)(F)F)c1. The molecule has 1 aromatic carbocycles. The molecule has 2 rings (SSSR count). The second-order valence-electron chi connectivity index (χ2n) is 4.79. The molecule has 118 valence electrons. The van der Waals surface area contributed by atoms with Gasteiger partial charge in [0.25, 0.3) is 5.91 Å². The fourth-order valence-corrected chi connectivity index (χ4v) is 2.36. The molecule has 1 aliphatic rings. The number of anilines is 1. The minimum Gasteiger partial charge on any atom is -0.313 e. The Hall–Kier alpha value is -1.85. The Bertz CT molecular complexity index is 635. The van der Waals surface area contributed by atoms with Gasteiger partial charge < -0.3 is 5.32 Å². The van der Waals surface area contributed by atoms with Gasteiger partial charge in [0, 0.05) is 13.0 Å². The molecule has 1 aromatic rings. The number of nitriles is 1. The Morgan fingerprint density at radius 1 is 1.45 bits per heavy atom. The second kappa shape index (κ2) is 5.74. The molecular weight excluding hydrogens is 326 g/mol. The zero-order chi connectivity index (χ0) is 16.5. The first-order valence-corrected chi connectivity index (χ1v) is 6.57. The average molecular weight is 336 g/mol. The summed E-state index contributed by atoms with van der Waals surface area (Å²) in [6.45, 7) is -0.0420. The number of rotatable bonds is 2. The predicted molar refractivity (Wildman–Crippen MR) is 70.9 cm³/mol. The zero-order valence-corrected chi connectivity index (χ0v) is 11.8. The van der Waals surface area contributed by atoms with Crippen LogP contribution >= 0.6 is 11.6 Å². The third-order valence-electron chi connectivity index (χ3n) is 3.30. The number of hydrogen-bond acceptors (Lipinski definition) is 3. The molecule has 1 fully saturated rings. The van der Waals surface area contributed by atoms with Crippen molar-refractivity contribution in [2.45, 2.75) is 18.3 Å². The van der Waals surface area contributed by atoms with Crippen LogP contribution < -0.4 is 10.2 Å². The van der Waals surface area contributed by atoms with Crippen LogP contribution in [0.5, 0.6) is 0 Å². The molecule has 1 heterocycles. The van der Waals surface area contributed by atoms with E-state index in [1.807, 2.05) is 0 Å². The fraction of sp³-hybridized carbons (Fsp3) is 0.385. The molecule has 0 aliphatic carbocycles. The highest BCUT2D eigenvalue weighted by Crippen LogP contribution is 2.37. The maximum Gasteiger partial charge on any atom is 0.417 e. The van der Waals surface area contributed by atoms with Crippen molar-refractivity contribution in [3.05, 3.63) is 28.8 Å². The van der Waals surface area contributed by atoms with E-state index < -0.39 is 28.3 Å². The Kier molecular flexibility index (Phi) is 4.31. The Morgan fingerprint density at radius 2 is 2.14 bits per heavy atom. The van der Waals surface area contributed by atoms with Gasteiger partial charge in [0.15, 0.2) is 6.19 Å². The highest BCUT2D eigenvalue weighted by molar-refractivity contribution is 6.31. The second-order valence-corrected chi connectivity index (χ2v) is 5.20. The topological polar surface area (TPSA) is 56.1 Å². The van der Waals surface area contributed by atoms with Crippen molar-refractivity contribution in [2.75, 3.05) is 18.0 Å². The molecule has 1 N–H and O–H groups in total. The number of benzene rings is 1. The zero-order valence-electron chi connectivity index (χ0n) is 11.0. The summed E-state index contributed by atoms with van der Waals surface area (Å²) in [6.07, 6.45) is -3.48. The van der Waals surface area contributed by atoms with Crippen molar-refractivity contribution in [1.29, 1.82) is 5.26 Å². The number of carbonyl (C=O) groups excluding carboxylic acids is 1. The maximum absolute atomic E-state index is 14.4. The van der Waals surface area contributed by atoms with Crippen LogP contribution in [0.2, 0.25) is 5.02 Å². The van der Waals surface area contributed by atoms with E-state index in [4.69, 9.17) is 16.9 Å². The van der Waals surface area contributed by atoms with Gasteiger partial charge in [0.2, 0.25) is 5.67 Å². The quantitative estimate of drug-likeness (QED) is 0.513. The summed E-state index contributed by atoms with van der Waals surface area (Å²) >= 11 is 5.47. The lowest BCUT2D eigenvalue weighted by molar-refractivity contribution is -0.137. The molecule has 0 radical (unpaired) electrons. The molecule has 1 saturated heterocycles. The summed E-state index contributed by atoms with van der Waals surface area (Å²) in [5, 5.41) is 11.1.